The van der Waals surface area contributed by atoms with Gasteiger partial charge in [-0.15, -0.1) is 0 Å². The molecule has 1 N–H and O–H groups in total. The van der Waals surface area contributed by atoms with Gasteiger partial charge < -0.3 is 15.1 Å². The number of hydrogen-bond acceptors (Lipinski definition) is 4. The van der Waals surface area contributed by atoms with Crippen LogP contribution in [0.3, 0.4) is 0 Å². The fourth-order valence-corrected chi connectivity index (χ4v) is 5.34. The lowest BCUT2D eigenvalue weighted by Crippen LogP contribution is -2.53. The zero-order valence-electron chi connectivity index (χ0n) is 22.4. The zero-order valence-corrected chi connectivity index (χ0v) is 22.4. The number of nitrogens with zero attached hydrogens (tertiary/aromatic N) is 2. The molecule has 2 aliphatic heterocycles. The Morgan fingerprint density at radius 3 is 2.19 bits per heavy atom. The SMILES string of the molecule is CC(C)C[C@H](NC(=O)c1ccc(C(C)(C)C)cc1)C(=O)N1CCC2[C@H]1C(=O)CN2C(=O)c1ccccc1. The van der Waals surface area contributed by atoms with Crippen LogP contribution in [0.5, 0.6) is 0 Å². The normalized spacial score (nSPS) is 20.2. The monoisotopic (exact) mass is 503 g/mol. The molecule has 0 aromatic heterocycles. The minimum Gasteiger partial charge on any atom is -0.340 e. The van der Waals surface area contributed by atoms with E-state index in [9.17, 15) is 19.2 Å². The summed E-state index contributed by atoms with van der Waals surface area (Å²) < 4.78 is 0. The first kappa shape index (κ1) is 26.6. The fourth-order valence-electron chi connectivity index (χ4n) is 5.34. The van der Waals surface area contributed by atoms with Crippen molar-refractivity contribution in [2.75, 3.05) is 13.1 Å². The molecular weight excluding hydrogens is 466 g/mol. The van der Waals surface area contributed by atoms with E-state index in [0.717, 1.165) is 5.56 Å². The molecule has 2 aliphatic rings. The predicted molar refractivity (Wildman–Crippen MR) is 142 cm³/mol. The summed E-state index contributed by atoms with van der Waals surface area (Å²) in [4.78, 5) is 56.1. The van der Waals surface area contributed by atoms with E-state index in [-0.39, 0.29) is 47.4 Å². The molecule has 37 heavy (non-hydrogen) atoms. The molecule has 196 valence electrons. The summed E-state index contributed by atoms with van der Waals surface area (Å²) in [6, 6.07) is 14.6. The first-order valence-electron chi connectivity index (χ1n) is 13.1. The van der Waals surface area contributed by atoms with E-state index in [1.54, 1.807) is 46.2 Å². The summed E-state index contributed by atoms with van der Waals surface area (Å²) in [6.45, 7) is 10.7. The van der Waals surface area contributed by atoms with Gasteiger partial charge >= 0.3 is 0 Å². The molecule has 2 fully saturated rings. The molecule has 0 spiro atoms. The van der Waals surface area contributed by atoms with Gasteiger partial charge in [0.15, 0.2) is 5.78 Å². The lowest BCUT2D eigenvalue weighted by atomic mass is 9.86. The second kappa shape index (κ2) is 10.5. The standard InChI is InChI=1S/C30H37N3O4/c1-19(2)17-23(31-27(35)20-11-13-22(14-12-20)30(3,4)5)29(37)32-16-15-24-26(32)25(34)18-33(24)28(36)21-9-7-6-8-10-21/h6-14,19,23-24,26H,15-18H2,1-5H3,(H,31,35)/t23-,24?,26-/m0/s1. The highest BCUT2D eigenvalue weighted by Gasteiger charge is 2.52. The van der Waals surface area contributed by atoms with E-state index in [2.05, 4.69) is 26.1 Å². The maximum absolute atomic E-state index is 13.7. The topological polar surface area (TPSA) is 86.8 Å². The van der Waals surface area contributed by atoms with Crippen molar-refractivity contribution in [2.45, 2.75) is 71.0 Å². The van der Waals surface area contributed by atoms with E-state index >= 15 is 0 Å². The van der Waals surface area contributed by atoms with Crippen LogP contribution in [0.25, 0.3) is 0 Å². The van der Waals surface area contributed by atoms with Gasteiger partial charge in [-0.2, -0.15) is 0 Å². The van der Waals surface area contributed by atoms with E-state index in [4.69, 9.17) is 0 Å². The van der Waals surface area contributed by atoms with Crippen LogP contribution in [0.1, 0.15) is 73.7 Å². The van der Waals surface area contributed by atoms with E-state index in [0.29, 0.717) is 30.5 Å². The molecule has 0 saturated carbocycles. The van der Waals surface area contributed by atoms with Gasteiger partial charge in [-0.1, -0.05) is 65.0 Å². The number of fused-ring (bicyclic) bond motifs is 1. The fraction of sp³-hybridized carbons (Fsp3) is 0.467. The smallest absolute Gasteiger partial charge is 0.254 e. The Hall–Kier alpha value is -3.48. The van der Waals surface area contributed by atoms with Gasteiger partial charge in [-0.3, -0.25) is 19.2 Å². The maximum Gasteiger partial charge on any atom is 0.254 e. The number of rotatable bonds is 6. The summed E-state index contributed by atoms with van der Waals surface area (Å²) in [5.74, 6) is -0.738. The van der Waals surface area contributed by atoms with Crippen LogP contribution in [-0.4, -0.2) is 64.5 Å². The first-order valence-corrected chi connectivity index (χ1v) is 13.1. The van der Waals surface area contributed by atoms with Gasteiger partial charge in [0.25, 0.3) is 11.8 Å². The largest absolute Gasteiger partial charge is 0.340 e. The van der Waals surface area contributed by atoms with Crippen LogP contribution < -0.4 is 5.32 Å². The van der Waals surface area contributed by atoms with Crippen molar-refractivity contribution in [1.82, 2.24) is 15.1 Å². The molecule has 2 heterocycles. The minimum atomic E-state index is -0.750. The second-order valence-corrected chi connectivity index (χ2v) is 11.6. The van der Waals surface area contributed by atoms with E-state index in [1.807, 2.05) is 32.0 Å². The molecule has 2 saturated heterocycles. The number of amides is 3. The number of Topliss-reactive ketones (excluding diaryl/α,β-unsaturated/α-hetero) is 1. The highest BCUT2D eigenvalue weighted by molar-refractivity contribution is 6.03. The summed E-state index contributed by atoms with van der Waals surface area (Å²) >= 11 is 0. The van der Waals surface area contributed by atoms with Gasteiger partial charge in [0.1, 0.15) is 12.1 Å². The molecule has 3 amide bonds. The van der Waals surface area contributed by atoms with Gasteiger partial charge in [0.2, 0.25) is 5.91 Å². The van der Waals surface area contributed by atoms with Gasteiger partial charge in [-0.25, -0.2) is 0 Å². The molecule has 7 nitrogen and oxygen atoms in total. The summed E-state index contributed by atoms with van der Waals surface area (Å²) in [7, 11) is 0. The summed E-state index contributed by atoms with van der Waals surface area (Å²) in [5.41, 5.74) is 2.12. The molecule has 3 atom stereocenters. The summed E-state index contributed by atoms with van der Waals surface area (Å²) in [6.07, 6.45) is 0.997. The van der Waals surface area contributed by atoms with Crippen LogP contribution in [0.2, 0.25) is 0 Å². The minimum absolute atomic E-state index is 0.00578. The van der Waals surface area contributed by atoms with Crippen LogP contribution >= 0.6 is 0 Å². The predicted octanol–water partition coefficient (Wildman–Crippen LogP) is 3.82. The van der Waals surface area contributed by atoms with Crippen LogP contribution in [0.15, 0.2) is 54.6 Å². The Morgan fingerprint density at radius 1 is 0.946 bits per heavy atom. The molecular formula is C30H37N3O4. The highest BCUT2D eigenvalue weighted by atomic mass is 16.2. The molecule has 0 radical (unpaired) electrons. The Labute approximate surface area is 219 Å². The second-order valence-electron chi connectivity index (χ2n) is 11.6. The quantitative estimate of drug-likeness (QED) is 0.649. The van der Waals surface area contributed by atoms with Crippen molar-refractivity contribution in [3.8, 4) is 0 Å². The number of carbonyl (C=O) groups excluding carboxylic acids is 4. The summed E-state index contributed by atoms with van der Waals surface area (Å²) in [5, 5.41) is 2.93. The van der Waals surface area contributed by atoms with E-state index < -0.39 is 12.1 Å². The van der Waals surface area contributed by atoms with Gasteiger partial charge in [0.05, 0.1) is 12.6 Å². The van der Waals surface area contributed by atoms with Crippen molar-refractivity contribution in [3.05, 3.63) is 71.3 Å². The van der Waals surface area contributed by atoms with Crippen LogP contribution in [0.4, 0.5) is 0 Å². The van der Waals surface area contributed by atoms with E-state index in [1.165, 1.54) is 0 Å². The molecule has 4 rings (SSSR count). The first-order chi connectivity index (χ1) is 17.5. The lowest BCUT2D eigenvalue weighted by Gasteiger charge is -2.29. The number of carbonyl (C=O) groups is 4. The number of hydrogen-bond donors (Lipinski definition) is 1. The molecule has 0 aliphatic carbocycles. The number of benzene rings is 2. The van der Waals surface area contributed by atoms with Gasteiger partial charge in [-0.05, 0) is 54.0 Å². The molecule has 2 aromatic rings. The lowest BCUT2D eigenvalue weighted by molar-refractivity contribution is -0.138. The molecule has 2 aromatic carbocycles. The average Bonchev–Trinajstić information content (AvgIpc) is 3.44. The van der Waals surface area contributed by atoms with Crippen molar-refractivity contribution < 1.29 is 19.2 Å². The molecule has 0 bridgehead atoms. The zero-order chi connectivity index (χ0) is 26.9. The number of nitrogens with one attached hydrogen (secondary N) is 1. The molecule has 7 heteroatoms. The highest BCUT2D eigenvalue weighted by Crippen LogP contribution is 2.32. The Balaban J connectivity index is 1.50. The van der Waals surface area contributed by atoms with Crippen molar-refractivity contribution in [2.24, 2.45) is 5.92 Å². The maximum atomic E-state index is 13.7. The average molecular weight is 504 g/mol. The Bertz CT molecular complexity index is 1170. The number of ketones is 1. The Kier molecular flexibility index (Phi) is 7.53. The Morgan fingerprint density at radius 2 is 1.59 bits per heavy atom. The third kappa shape index (κ3) is 5.60. The van der Waals surface area contributed by atoms with Crippen LogP contribution in [0, 0.1) is 5.92 Å². The van der Waals surface area contributed by atoms with Crippen LogP contribution in [-0.2, 0) is 15.0 Å². The van der Waals surface area contributed by atoms with Gasteiger partial charge in [0, 0.05) is 17.7 Å². The molecule has 1 unspecified atom stereocenters. The van der Waals surface area contributed by atoms with Crippen molar-refractivity contribution >= 4 is 23.5 Å². The third-order valence-electron chi connectivity index (χ3n) is 7.31. The number of likely N-dealkylation sites (tertiary alicyclic amines) is 2. The third-order valence-corrected chi connectivity index (χ3v) is 7.31. The van der Waals surface area contributed by atoms with Crippen molar-refractivity contribution in [3.63, 3.8) is 0 Å². The van der Waals surface area contributed by atoms with Crippen molar-refractivity contribution in [1.29, 1.82) is 0 Å².